The molecule has 0 spiro atoms. The fraction of sp³-hybridized carbons (Fsp3) is 0. The van der Waals surface area contributed by atoms with Gasteiger partial charge in [0.2, 0.25) is 0 Å². The molecule has 0 unspecified atom stereocenters. The second kappa shape index (κ2) is 10.4. The first kappa shape index (κ1) is 26.1. The zero-order chi connectivity index (χ0) is 30.6. The van der Waals surface area contributed by atoms with E-state index in [9.17, 15) is 5.26 Å². The lowest BCUT2D eigenvalue weighted by atomic mass is 9.98. The Morgan fingerprint density at radius 2 is 1.02 bits per heavy atom. The minimum Gasteiger partial charge on any atom is -0.309 e. The molecule has 46 heavy (non-hydrogen) atoms. The second-order valence-corrected chi connectivity index (χ2v) is 11.7. The highest BCUT2D eigenvalue weighted by Crippen LogP contribution is 2.41. The maximum absolute atomic E-state index is 9.96. The van der Waals surface area contributed by atoms with E-state index >= 15 is 0 Å². The highest BCUT2D eigenvalue weighted by atomic mass is 15.0. The van der Waals surface area contributed by atoms with Crippen molar-refractivity contribution in [3.05, 3.63) is 169 Å². The number of hydrogen-bond donors (Lipinski definition) is 0. The zero-order valence-electron chi connectivity index (χ0n) is 24.9. The van der Waals surface area contributed by atoms with E-state index in [0.717, 1.165) is 33.5 Å². The number of hydrogen-bond acceptors (Lipinski definition) is 1. The lowest BCUT2D eigenvalue weighted by Gasteiger charge is -2.12. The van der Waals surface area contributed by atoms with Crippen LogP contribution in [0.2, 0.25) is 0 Å². The van der Waals surface area contributed by atoms with Gasteiger partial charge in [0.15, 0.2) is 0 Å². The van der Waals surface area contributed by atoms with Crippen molar-refractivity contribution in [1.29, 1.82) is 5.26 Å². The molecule has 0 aliphatic heterocycles. The van der Waals surface area contributed by atoms with E-state index in [2.05, 4.69) is 155 Å². The van der Waals surface area contributed by atoms with Gasteiger partial charge in [-0.25, -0.2) is 0 Å². The van der Waals surface area contributed by atoms with E-state index in [-0.39, 0.29) is 0 Å². The molecule has 3 heteroatoms. The van der Waals surface area contributed by atoms with Crippen molar-refractivity contribution in [3.63, 3.8) is 0 Å². The van der Waals surface area contributed by atoms with Gasteiger partial charge in [0.25, 0.3) is 0 Å². The van der Waals surface area contributed by atoms with E-state index in [1.807, 2.05) is 24.3 Å². The van der Waals surface area contributed by atoms with Crippen LogP contribution >= 0.6 is 0 Å². The third kappa shape index (κ3) is 3.91. The van der Waals surface area contributed by atoms with Gasteiger partial charge in [-0.05, 0) is 71.3 Å². The number of para-hydroxylation sites is 3. The molecular formula is C43H27N3. The molecule has 0 saturated heterocycles. The fourth-order valence-corrected chi connectivity index (χ4v) is 7.16. The van der Waals surface area contributed by atoms with Crippen molar-refractivity contribution in [2.75, 3.05) is 0 Å². The summed E-state index contributed by atoms with van der Waals surface area (Å²) in [4.78, 5) is 0. The molecule has 0 amide bonds. The summed E-state index contributed by atoms with van der Waals surface area (Å²) in [5, 5.41) is 14.9. The molecule has 2 aromatic heterocycles. The van der Waals surface area contributed by atoms with Crippen molar-refractivity contribution >= 4 is 43.6 Å². The number of rotatable bonds is 4. The summed E-state index contributed by atoms with van der Waals surface area (Å²) in [5.74, 6) is 0. The van der Waals surface area contributed by atoms with Gasteiger partial charge in [0.05, 0.1) is 33.7 Å². The molecule has 0 bridgehead atoms. The van der Waals surface area contributed by atoms with E-state index in [1.54, 1.807) is 0 Å². The van der Waals surface area contributed by atoms with Crippen LogP contribution in [-0.4, -0.2) is 9.13 Å². The van der Waals surface area contributed by atoms with E-state index in [0.29, 0.717) is 5.56 Å². The summed E-state index contributed by atoms with van der Waals surface area (Å²) >= 11 is 0. The average Bonchev–Trinajstić information content (AvgIpc) is 3.65. The molecular weight excluding hydrogens is 558 g/mol. The first-order chi connectivity index (χ1) is 22.8. The van der Waals surface area contributed by atoms with Crippen LogP contribution in [0.4, 0.5) is 0 Å². The Bertz CT molecular complexity index is 2630. The standard InChI is InChI=1S/C43H27N3/c44-28-31-22-24-33(27-38(31)29-12-3-1-4-13-29)46-40-20-10-8-17-37(40)43-34(18-11-21-41(43)46)30-23-25-36-35-16-7-9-19-39(35)45(42(36)26-30)32-14-5-2-6-15-32/h1-27H. The largest absolute Gasteiger partial charge is 0.309 e. The molecule has 0 fully saturated rings. The van der Waals surface area contributed by atoms with E-state index < -0.39 is 0 Å². The molecule has 0 aliphatic carbocycles. The van der Waals surface area contributed by atoms with Crippen LogP contribution < -0.4 is 0 Å². The Balaban J connectivity index is 1.31. The minimum atomic E-state index is 0.665. The number of nitrogens with zero attached hydrogens (tertiary/aromatic N) is 3. The van der Waals surface area contributed by atoms with Crippen molar-refractivity contribution < 1.29 is 0 Å². The molecule has 2 heterocycles. The number of fused-ring (bicyclic) bond motifs is 6. The Labute approximate surface area is 266 Å². The Morgan fingerprint density at radius 1 is 0.391 bits per heavy atom. The zero-order valence-corrected chi connectivity index (χ0v) is 24.9. The molecule has 214 valence electrons. The summed E-state index contributed by atoms with van der Waals surface area (Å²) in [7, 11) is 0. The summed E-state index contributed by atoms with van der Waals surface area (Å²) in [5.41, 5.74) is 11.8. The molecule has 7 aromatic carbocycles. The third-order valence-corrected chi connectivity index (χ3v) is 9.16. The van der Waals surface area contributed by atoms with Crippen molar-refractivity contribution in [2.24, 2.45) is 0 Å². The van der Waals surface area contributed by atoms with Gasteiger partial charge in [-0.3, -0.25) is 0 Å². The fourth-order valence-electron chi connectivity index (χ4n) is 7.16. The van der Waals surface area contributed by atoms with Crippen molar-refractivity contribution in [1.82, 2.24) is 9.13 Å². The molecule has 0 N–H and O–H groups in total. The predicted octanol–water partition coefficient (Wildman–Crippen LogP) is 11.1. The van der Waals surface area contributed by atoms with Crippen LogP contribution in [0, 0.1) is 11.3 Å². The Kier molecular flexibility index (Phi) is 5.88. The monoisotopic (exact) mass is 585 g/mol. The number of aromatic nitrogens is 2. The average molecular weight is 586 g/mol. The van der Waals surface area contributed by atoms with Crippen LogP contribution in [-0.2, 0) is 0 Å². The molecule has 3 nitrogen and oxygen atoms in total. The maximum atomic E-state index is 9.96. The van der Waals surface area contributed by atoms with E-state index in [1.165, 1.54) is 43.7 Å². The minimum absolute atomic E-state index is 0.665. The smallest absolute Gasteiger partial charge is 0.0998 e. The normalized spacial score (nSPS) is 11.5. The quantitative estimate of drug-likeness (QED) is 0.202. The molecule has 0 saturated carbocycles. The van der Waals surface area contributed by atoms with Crippen LogP contribution in [0.5, 0.6) is 0 Å². The highest BCUT2D eigenvalue weighted by molar-refractivity contribution is 6.17. The number of benzene rings is 7. The molecule has 9 aromatic rings. The molecule has 0 aliphatic rings. The molecule has 0 radical (unpaired) electrons. The Morgan fingerprint density at radius 3 is 1.80 bits per heavy atom. The van der Waals surface area contributed by atoms with Crippen LogP contribution in [0.1, 0.15) is 5.56 Å². The van der Waals surface area contributed by atoms with Gasteiger partial charge in [-0.2, -0.15) is 5.26 Å². The van der Waals surface area contributed by atoms with Gasteiger partial charge in [-0.1, -0.05) is 109 Å². The lowest BCUT2D eigenvalue weighted by molar-refractivity contribution is 1.18. The van der Waals surface area contributed by atoms with Crippen LogP contribution in [0.3, 0.4) is 0 Å². The summed E-state index contributed by atoms with van der Waals surface area (Å²) in [6, 6.07) is 60.1. The Hall–Kier alpha value is -6.37. The summed E-state index contributed by atoms with van der Waals surface area (Å²) in [6.45, 7) is 0. The van der Waals surface area contributed by atoms with Gasteiger partial charge >= 0.3 is 0 Å². The van der Waals surface area contributed by atoms with Gasteiger partial charge in [0.1, 0.15) is 0 Å². The maximum Gasteiger partial charge on any atom is 0.0998 e. The lowest BCUT2D eigenvalue weighted by Crippen LogP contribution is -1.96. The second-order valence-electron chi connectivity index (χ2n) is 11.7. The SMILES string of the molecule is N#Cc1ccc(-n2c3ccccc3c3c(-c4ccc5c6ccccc6n(-c6ccccc6)c5c4)cccc32)cc1-c1ccccc1. The van der Waals surface area contributed by atoms with Gasteiger partial charge in [0, 0.05) is 38.5 Å². The van der Waals surface area contributed by atoms with Gasteiger partial charge < -0.3 is 9.13 Å². The van der Waals surface area contributed by atoms with Crippen LogP contribution in [0.25, 0.3) is 77.2 Å². The van der Waals surface area contributed by atoms with Gasteiger partial charge in [-0.15, -0.1) is 0 Å². The first-order valence-electron chi connectivity index (χ1n) is 15.5. The van der Waals surface area contributed by atoms with E-state index in [4.69, 9.17) is 0 Å². The van der Waals surface area contributed by atoms with Crippen molar-refractivity contribution in [2.45, 2.75) is 0 Å². The predicted molar refractivity (Wildman–Crippen MR) is 191 cm³/mol. The summed E-state index contributed by atoms with van der Waals surface area (Å²) in [6.07, 6.45) is 0. The van der Waals surface area contributed by atoms with Crippen molar-refractivity contribution in [3.8, 4) is 39.7 Å². The van der Waals surface area contributed by atoms with Crippen LogP contribution in [0.15, 0.2) is 164 Å². The first-order valence-corrected chi connectivity index (χ1v) is 15.5. The number of nitriles is 1. The topological polar surface area (TPSA) is 33.6 Å². The third-order valence-electron chi connectivity index (χ3n) is 9.16. The highest BCUT2D eigenvalue weighted by Gasteiger charge is 2.19. The molecule has 9 rings (SSSR count). The molecule has 0 atom stereocenters. The summed E-state index contributed by atoms with van der Waals surface area (Å²) < 4.78 is 4.71.